The van der Waals surface area contributed by atoms with Crippen molar-refractivity contribution in [2.24, 2.45) is 10.9 Å². The predicted octanol–water partition coefficient (Wildman–Crippen LogP) is 1.57. The molecule has 1 heterocycles. The van der Waals surface area contributed by atoms with Crippen LogP contribution in [0.15, 0.2) is 29.6 Å². The topological polar surface area (TPSA) is 74.4 Å². The number of H-pyrrole nitrogens is 1. The second-order valence-corrected chi connectivity index (χ2v) is 3.24. The monoisotopic (exact) mass is 189 g/mol. The van der Waals surface area contributed by atoms with E-state index in [-0.39, 0.29) is 5.84 Å². The lowest BCUT2D eigenvalue weighted by molar-refractivity contribution is 0.318. The molecule has 0 aliphatic carbocycles. The summed E-state index contributed by atoms with van der Waals surface area (Å²) < 4.78 is 0. The quantitative estimate of drug-likeness (QED) is 0.276. The summed E-state index contributed by atoms with van der Waals surface area (Å²) in [6.45, 7) is 2.00. The number of nitrogens with two attached hydrogens (primary N) is 1. The van der Waals surface area contributed by atoms with Gasteiger partial charge in [0.25, 0.3) is 0 Å². The van der Waals surface area contributed by atoms with E-state index in [0.717, 1.165) is 22.0 Å². The number of hydrogen-bond donors (Lipinski definition) is 3. The fourth-order valence-electron chi connectivity index (χ4n) is 1.50. The first-order chi connectivity index (χ1) is 6.72. The van der Waals surface area contributed by atoms with Crippen LogP contribution in [0.4, 0.5) is 0 Å². The lowest BCUT2D eigenvalue weighted by atomic mass is 10.1. The Morgan fingerprint density at radius 2 is 2.29 bits per heavy atom. The molecule has 72 valence electrons. The summed E-state index contributed by atoms with van der Waals surface area (Å²) in [4.78, 5) is 3.06. The van der Waals surface area contributed by atoms with Gasteiger partial charge in [-0.15, -0.1) is 0 Å². The predicted molar refractivity (Wildman–Crippen MR) is 55.5 cm³/mol. The second-order valence-electron chi connectivity index (χ2n) is 3.24. The van der Waals surface area contributed by atoms with Crippen LogP contribution in [0.1, 0.15) is 11.1 Å². The highest BCUT2D eigenvalue weighted by Crippen LogP contribution is 2.19. The molecule has 0 saturated heterocycles. The molecule has 4 heteroatoms. The van der Waals surface area contributed by atoms with Crippen LogP contribution in [-0.4, -0.2) is 16.0 Å². The zero-order chi connectivity index (χ0) is 10.1. The standard InChI is InChI=1S/C10H11N3O/c1-6-2-3-9-7(4-6)8(5-12-9)10(11)13-14/h2-5,12,14H,1H3,(H2,11,13). The van der Waals surface area contributed by atoms with Crippen molar-refractivity contribution in [1.29, 1.82) is 0 Å². The van der Waals surface area contributed by atoms with Gasteiger partial charge in [0.05, 0.1) is 0 Å². The molecule has 0 spiro atoms. The van der Waals surface area contributed by atoms with Gasteiger partial charge in [-0.05, 0) is 19.1 Å². The molecule has 0 fully saturated rings. The summed E-state index contributed by atoms with van der Waals surface area (Å²) in [5, 5.41) is 12.5. The minimum absolute atomic E-state index is 0.127. The number of hydrogen-bond acceptors (Lipinski definition) is 2. The van der Waals surface area contributed by atoms with Crippen LogP contribution in [0.2, 0.25) is 0 Å². The molecule has 2 aromatic rings. The Labute approximate surface area is 81.0 Å². The van der Waals surface area contributed by atoms with Gasteiger partial charge in [-0.1, -0.05) is 16.8 Å². The highest BCUT2D eigenvalue weighted by atomic mass is 16.4. The first-order valence-electron chi connectivity index (χ1n) is 4.28. The van der Waals surface area contributed by atoms with E-state index >= 15 is 0 Å². The minimum Gasteiger partial charge on any atom is -0.409 e. The number of oxime groups is 1. The van der Waals surface area contributed by atoms with Gasteiger partial charge in [-0.2, -0.15) is 0 Å². The average molecular weight is 189 g/mol. The molecule has 1 aromatic carbocycles. The van der Waals surface area contributed by atoms with E-state index in [1.165, 1.54) is 0 Å². The maximum atomic E-state index is 8.58. The third-order valence-corrected chi connectivity index (χ3v) is 2.22. The summed E-state index contributed by atoms with van der Waals surface area (Å²) in [6, 6.07) is 5.98. The summed E-state index contributed by atoms with van der Waals surface area (Å²) >= 11 is 0. The molecule has 0 bridgehead atoms. The molecule has 0 aliphatic heterocycles. The normalized spacial score (nSPS) is 12.2. The molecule has 0 saturated carbocycles. The van der Waals surface area contributed by atoms with Crippen molar-refractivity contribution < 1.29 is 5.21 Å². The Kier molecular flexibility index (Phi) is 1.89. The van der Waals surface area contributed by atoms with E-state index in [9.17, 15) is 0 Å². The third kappa shape index (κ3) is 1.21. The smallest absolute Gasteiger partial charge is 0.172 e. The Bertz CT molecular complexity index is 499. The number of amidine groups is 1. The fourth-order valence-corrected chi connectivity index (χ4v) is 1.50. The summed E-state index contributed by atoms with van der Waals surface area (Å²) in [7, 11) is 0. The first kappa shape index (κ1) is 8.62. The van der Waals surface area contributed by atoms with Gasteiger partial charge >= 0.3 is 0 Å². The lowest BCUT2D eigenvalue weighted by Crippen LogP contribution is -2.12. The molecule has 0 amide bonds. The van der Waals surface area contributed by atoms with Crippen LogP contribution in [0.25, 0.3) is 10.9 Å². The van der Waals surface area contributed by atoms with E-state index < -0.39 is 0 Å². The van der Waals surface area contributed by atoms with Crippen molar-refractivity contribution in [2.45, 2.75) is 6.92 Å². The van der Waals surface area contributed by atoms with E-state index in [1.807, 2.05) is 25.1 Å². The van der Waals surface area contributed by atoms with Crippen molar-refractivity contribution in [1.82, 2.24) is 4.98 Å². The van der Waals surface area contributed by atoms with Crippen molar-refractivity contribution in [3.05, 3.63) is 35.5 Å². The summed E-state index contributed by atoms with van der Waals surface area (Å²) in [5.74, 6) is 0.127. The van der Waals surface area contributed by atoms with Gasteiger partial charge in [0.1, 0.15) is 0 Å². The summed E-state index contributed by atoms with van der Waals surface area (Å²) in [5.41, 5.74) is 8.39. The number of benzene rings is 1. The van der Waals surface area contributed by atoms with E-state index in [4.69, 9.17) is 10.9 Å². The van der Waals surface area contributed by atoms with Crippen LogP contribution in [-0.2, 0) is 0 Å². The van der Waals surface area contributed by atoms with E-state index in [2.05, 4.69) is 10.1 Å². The number of aryl methyl sites for hydroxylation is 1. The highest BCUT2D eigenvalue weighted by molar-refractivity contribution is 6.08. The van der Waals surface area contributed by atoms with Gasteiger partial charge in [-0.25, -0.2) is 0 Å². The summed E-state index contributed by atoms with van der Waals surface area (Å²) in [6.07, 6.45) is 1.74. The molecule has 4 N–H and O–H groups in total. The van der Waals surface area contributed by atoms with Crippen molar-refractivity contribution in [3.63, 3.8) is 0 Å². The third-order valence-electron chi connectivity index (χ3n) is 2.22. The van der Waals surface area contributed by atoms with Crippen LogP contribution in [0.5, 0.6) is 0 Å². The van der Waals surface area contributed by atoms with Crippen LogP contribution in [0, 0.1) is 6.92 Å². The number of fused-ring (bicyclic) bond motifs is 1. The zero-order valence-electron chi connectivity index (χ0n) is 7.78. The van der Waals surface area contributed by atoms with E-state index in [1.54, 1.807) is 6.20 Å². The van der Waals surface area contributed by atoms with Crippen molar-refractivity contribution >= 4 is 16.7 Å². The molecular weight excluding hydrogens is 178 g/mol. The molecular formula is C10H11N3O. The van der Waals surface area contributed by atoms with Gasteiger partial charge in [0.15, 0.2) is 5.84 Å². The van der Waals surface area contributed by atoms with Crippen LogP contribution >= 0.6 is 0 Å². The largest absolute Gasteiger partial charge is 0.409 e. The van der Waals surface area contributed by atoms with E-state index in [0.29, 0.717) is 0 Å². The number of aromatic nitrogens is 1. The number of nitrogens with one attached hydrogen (secondary N) is 1. The fraction of sp³-hybridized carbons (Fsp3) is 0.100. The van der Waals surface area contributed by atoms with Gasteiger partial charge in [0.2, 0.25) is 0 Å². The average Bonchev–Trinajstić information content (AvgIpc) is 2.59. The Morgan fingerprint density at radius 1 is 1.50 bits per heavy atom. The van der Waals surface area contributed by atoms with Gasteiger partial charge in [-0.3, -0.25) is 0 Å². The van der Waals surface area contributed by atoms with Crippen molar-refractivity contribution in [3.8, 4) is 0 Å². The van der Waals surface area contributed by atoms with Gasteiger partial charge < -0.3 is 15.9 Å². The number of aromatic amines is 1. The Morgan fingerprint density at radius 3 is 3.00 bits per heavy atom. The zero-order valence-corrected chi connectivity index (χ0v) is 7.78. The minimum atomic E-state index is 0.127. The molecule has 2 rings (SSSR count). The SMILES string of the molecule is Cc1ccc2[nH]cc(/C(N)=N/O)c2c1. The van der Waals surface area contributed by atoms with Crippen LogP contribution in [0.3, 0.4) is 0 Å². The van der Waals surface area contributed by atoms with Gasteiger partial charge in [0, 0.05) is 22.7 Å². The molecule has 4 nitrogen and oxygen atoms in total. The van der Waals surface area contributed by atoms with Crippen LogP contribution < -0.4 is 5.73 Å². The number of rotatable bonds is 1. The molecule has 0 unspecified atom stereocenters. The molecule has 1 aromatic heterocycles. The lowest BCUT2D eigenvalue weighted by Gasteiger charge is -1.96. The Balaban J connectivity index is 2.73. The Hall–Kier alpha value is -1.97. The maximum absolute atomic E-state index is 8.58. The second kappa shape index (κ2) is 3.06. The molecule has 0 atom stereocenters. The first-order valence-corrected chi connectivity index (χ1v) is 4.28. The highest BCUT2D eigenvalue weighted by Gasteiger charge is 2.06. The maximum Gasteiger partial charge on any atom is 0.172 e. The molecule has 0 radical (unpaired) electrons. The molecule has 0 aliphatic rings. The molecule has 14 heavy (non-hydrogen) atoms. The van der Waals surface area contributed by atoms with Crippen molar-refractivity contribution in [2.75, 3.05) is 0 Å². The number of nitrogens with zero attached hydrogens (tertiary/aromatic N) is 1.